The Balaban J connectivity index is 1.30. The maximum Gasteiger partial charge on any atom is 0.230 e. The van der Waals surface area contributed by atoms with E-state index in [-0.39, 0.29) is 24.3 Å². The number of hydrogen-bond donors (Lipinski definition) is 1. The van der Waals surface area contributed by atoms with Gasteiger partial charge in [-0.2, -0.15) is 0 Å². The maximum atomic E-state index is 12.5. The van der Waals surface area contributed by atoms with E-state index in [2.05, 4.69) is 45.8 Å². The minimum atomic E-state index is -0.0875. The van der Waals surface area contributed by atoms with Gasteiger partial charge in [-0.1, -0.05) is 59.8 Å². The van der Waals surface area contributed by atoms with Crippen molar-refractivity contribution in [2.75, 3.05) is 5.75 Å². The van der Waals surface area contributed by atoms with Gasteiger partial charge < -0.3 is 14.6 Å². The zero-order chi connectivity index (χ0) is 22.5. The van der Waals surface area contributed by atoms with Crippen molar-refractivity contribution in [1.29, 1.82) is 0 Å². The molecular formula is C24H23ClN4O2S. The van der Waals surface area contributed by atoms with Gasteiger partial charge in [0.25, 0.3) is 0 Å². The normalized spacial score (nSPS) is 12.0. The van der Waals surface area contributed by atoms with Gasteiger partial charge in [0.2, 0.25) is 5.91 Å². The van der Waals surface area contributed by atoms with Crippen LogP contribution in [0.25, 0.3) is 10.8 Å². The van der Waals surface area contributed by atoms with Crippen LogP contribution in [0.2, 0.25) is 5.02 Å². The lowest BCUT2D eigenvalue weighted by atomic mass is 10.0. The van der Waals surface area contributed by atoms with Crippen LogP contribution in [0.1, 0.15) is 24.4 Å². The van der Waals surface area contributed by atoms with Crippen LogP contribution in [0.4, 0.5) is 0 Å². The molecular weight excluding hydrogens is 444 g/mol. The Morgan fingerprint density at radius 1 is 1.09 bits per heavy atom. The number of carbonyl (C=O) groups is 1. The van der Waals surface area contributed by atoms with Crippen molar-refractivity contribution in [2.24, 2.45) is 7.05 Å². The van der Waals surface area contributed by atoms with Gasteiger partial charge >= 0.3 is 0 Å². The van der Waals surface area contributed by atoms with Gasteiger partial charge in [0.05, 0.1) is 11.8 Å². The number of fused-ring (bicyclic) bond motifs is 1. The molecule has 3 aromatic carbocycles. The largest absolute Gasteiger partial charge is 0.486 e. The summed E-state index contributed by atoms with van der Waals surface area (Å²) in [4.78, 5) is 12.5. The number of ether oxygens (including phenoxy) is 1. The van der Waals surface area contributed by atoms with Crippen LogP contribution in [0.15, 0.2) is 71.9 Å². The molecule has 0 radical (unpaired) electrons. The van der Waals surface area contributed by atoms with Gasteiger partial charge in [0.15, 0.2) is 11.0 Å². The SMILES string of the molecule is C[C@@H](NC(=O)CSc1nnc(COc2ccc(Cl)cc2)n1C)c1ccc2ccccc2c1. The van der Waals surface area contributed by atoms with Gasteiger partial charge in [0, 0.05) is 12.1 Å². The quantitative estimate of drug-likeness (QED) is 0.363. The molecule has 1 atom stereocenters. The van der Waals surface area contributed by atoms with E-state index >= 15 is 0 Å². The molecule has 1 aromatic heterocycles. The Labute approximate surface area is 195 Å². The molecule has 0 aliphatic heterocycles. The van der Waals surface area contributed by atoms with Gasteiger partial charge in [-0.25, -0.2) is 0 Å². The fourth-order valence-electron chi connectivity index (χ4n) is 3.25. The maximum absolute atomic E-state index is 12.5. The van der Waals surface area contributed by atoms with E-state index in [4.69, 9.17) is 16.3 Å². The van der Waals surface area contributed by atoms with Gasteiger partial charge in [-0.3, -0.25) is 4.79 Å². The molecule has 0 aliphatic rings. The second-order valence-electron chi connectivity index (χ2n) is 7.38. The molecule has 32 heavy (non-hydrogen) atoms. The predicted octanol–water partition coefficient (Wildman–Crippen LogP) is 5.17. The van der Waals surface area contributed by atoms with Crippen LogP contribution in [0.3, 0.4) is 0 Å². The number of amides is 1. The third-order valence-electron chi connectivity index (χ3n) is 5.09. The summed E-state index contributed by atoms with van der Waals surface area (Å²) in [5.41, 5.74) is 1.07. The minimum Gasteiger partial charge on any atom is -0.486 e. The highest BCUT2D eigenvalue weighted by molar-refractivity contribution is 7.99. The molecule has 1 amide bonds. The molecule has 0 saturated carbocycles. The highest BCUT2D eigenvalue weighted by Crippen LogP contribution is 2.22. The summed E-state index contributed by atoms with van der Waals surface area (Å²) in [7, 11) is 1.86. The van der Waals surface area contributed by atoms with E-state index in [9.17, 15) is 4.79 Å². The molecule has 0 aliphatic carbocycles. The molecule has 0 saturated heterocycles. The minimum absolute atomic E-state index is 0.0578. The molecule has 8 heteroatoms. The van der Waals surface area contributed by atoms with Crippen LogP contribution in [-0.2, 0) is 18.4 Å². The average Bonchev–Trinajstić information content (AvgIpc) is 3.16. The monoisotopic (exact) mass is 466 g/mol. The number of nitrogens with one attached hydrogen (secondary N) is 1. The van der Waals surface area contributed by atoms with Crippen LogP contribution < -0.4 is 10.1 Å². The standard InChI is InChI=1S/C24H23ClN4O2S/c1-16(18-8-7-17-5-3-4-6-19(17)13-18)26-23(30)15-32-24-28-27-22(29(24)2)14-31-21-11-9-20(25)10-12-21/h3-13,16H,14-15H2,1-2H3,(H,26,30)/t16-/m1/s1. The highest BCUT2D eigenvalue weighted by Gasteiger charge is 2.14. The first-order valence-corrected chi connectivity index (χ1v) is 11.5. The van der Waals surface area contributed by atoms with Crippen molar-refractivity contribution >= 4 is 40.0 Å². The fourth-order valence-corrected chi connectivity index (χ4v) is 4.12. The summed E-state index contributed by atoms with van der Waals surface area (Å²) in [5, 5.41) is 15.1. The molecule has 1 heterocycles. The highest BCUT2D eigenvalue weighted by atomic mass is 35.5. The summed E-state index contributed by atoms with van der Waals surface area (Å²) in [5.74, 6) is 1.57. The number of aromatic nitrogens is 3. The van der Waals surface area contributed by atoms with E-state index in [0.717, 1.165) is 10.9 Å². The second-order valence-corrected chi connectivity index (χ2v) is 8.76. The average molecular weight is 467 g/mol. The molecule has 4 aromatic rings. The van der Waals surface area contributed by atoms with Crippen molar-refractivity contribution in [3.05, 3.63) is 83.1 Å². The van der Waals surface area contributed by atoms with Crippen LogP contribution in [-0.4, -0.2) is 26.4 Å². The van der Waals surface area contributed by atoms with E-state index in [1.54, 1.807) is 24.3 Å². The molecule has 0 spiro atoms. The molecule has 0 unspecified atom stereocenters. The van der Waals surface area contributed by atoms with Crippen molar-refractivity contribution in [2.45, 2.75) is 24.7 Å². The van der Waals surface area contributed by atoms with Crippen LogP contribution >= 0.6 is 23.4 Å². The third-order valence-corrected chi connectivity index (χ3v) is 6.36. The fraction of sp³-hybridized carbons (Fsp3) is 0.208. The van der Waals surface area contributed by atoms with E-state index < -0.39 is 0 Å². The first kappa shape index (κ1) is 22.2. The lowest BCUT2D eigenvalue weighted by Crippen LogP contribution is -2.28. The molecule has 1 N–H and O–H groups in total. The molecule has 6 nitrogen and oxygen atoms in total. The number of rotatable bonds is 8. The Morgan fingerprint density at radius 3 is 2.62 bits per heavy atom. The Kier molecular flexibility index (Phi) is 6.97. The Morgan fingerprint density at radius 2 is 1.84 bits per heavy atom. The Bertz CT molecular complexity index is 1230. The van der Waals surface area contributed by atoms with Crippen molar-refractivity contribution in [1.82, 2.24) is 20.1 Å². The Hall–Kier alpha value is -3.03. The lowest BCUT2D eigenvalue weighted by molar-refractivity contribution is -0.119. The molecule has 0 fully saturated rings. The third kappa shape index (κ3) is 5.41. The van der Waals surface area contributed by atoms with Gasteiger partial charge in [0.1, 0.15) is 12.4 Å². The lowest BCUT2D eigenvalue weighted by Gasteiger charge is -2.15. The van der Waals surface area contributed by atoms with Gasteiger partial charge in [-0.15, -0.1) is 10.2 Å². The summed E-state index contributed by atoms with van der Waals surface area (Å²) < 4.78 is 7.56. The van der Waals surface area contributed by atoms with Crippen LogP contribution in [0.5, 0.6) is 5.75 Å². The van der Waals surface area contributed by atoms with E-state index in [1.165, 1.54) is 17.1 Å². The zero-order valence-electron chi connectivity index (χ0n) is 17.8. The summed E-state index contributed by atoms with van der Waals surface area (Å²) in [6.45, 7) is 2.26. The summed E-state index contributed by atoms with van der Waals surface area (Å²) in [6.07, 6.45) is 0. The topological polar surface area (TPSA) is 69.0 Å². The van der Waals surface area contributed by atoms with E-state index in [1.807, 2.05) is 30.7 Å². The molecule has 164 valence electrons. The molecule has 0 bridgehead atoms. The van der Waals surface area contributed by atoms with Crippen molar-refractivity contribution in [3.8, 4) is 5.75 Å². The van der Waals surface area contributed by atoms with Crippen molar-refractivity contribution in [3.63, 3.8) is 0 Å². The first-order chi connectivity index (χ1) is 15.5. The molecule has 4 rings (SSSR count). The number of hydrogen-bond acceptors (Lipinski definition) is 5. The summed E-state index contributed by atoms with van der Waals surface area (Å²) >= 11 is 7.23. The summed E-state index contributed by atoms with van der Waals surface area (Å²) in [6, 6.07) is 21.5. The second kappa shape index (κ2) is 10.1. The number of halogens is 1. The van der Waals surface area contributed by atoms with Gasteiger partial charge in [-0.05, 0) is 53.6 Å². The van der Waals surface area contributed by atoms with Crippen molar-refractivity contribution < 1.29 is 9.53 Å². The van der Waals surface area contributed by atoms with Crippen LogP contribution in [0, 0.1) is 0 Å². The first-order valence-electron chi connectivity index (χ1n) is 10.2. The number of nitrogens with zero attached hydrogens (tertiary/aromatic N) is 3. The number of carbonyl (C=O) groups excluding carboxylic acids is 1. The predicted molar refractivity (Wildman–Crippen MR) is 128 cm³/mol. The smallest absolute Gasteiger partial charge is 0.230 e. The zero-order valence-corrected chi connectivity index (χ0v) is 19.4. The number of benzene rings is 3. The number of thioether (sulfide) groups is 1. The van der Waals surface area contributed by atoms with E-state index in [0.29, 0.717) is 21.8 Å².